The van der Waals surface area contributed by atoms with Crippen LogP contribution in [0.4, 0.5) is 0 Å². The van der Waals surface area contributed by atoms with E-state index in [4.69, 9.17) is 10.5 Å². The molecule has 0 amide bonds. The van der Waals surface area contributed by atoms with Gasteiger partial charge in [0.1, 0.15) is 0 Å². The molecule has 0 bridgehead atoms. The smallest absolute Gasteiger partial charge is 0.341 e. The van der Waals surface area contributed by atoms with Gasteiger partial charge in [0, 0.05) is 12.7 Å². The molecule has 1 unspecified atom stereocenters. The molecule has 0 fully saturated rings. The van der Waals surface area contributed by atoms with E-state index in [0.29, 0.717) is 18.7 Å². The highest BCUT2D eigenvalue weighted by molar-refractivity contribution is 5.88. The summed E-state index contributed by atoms with van der Waals surface area (Å²) in [6, 6.07) is 8.02. The first-order valence-corrected chi connectivity index (χ1v) is 6.63. The third-order valence-electron chi connectivity index (χ3n) is 3.08. The number of nitrogens with two attached hydrogens (primary N) is 1. The SMILES string of the molecule is CCOC(=O)c1cnn(C(CN)c2cccc(C)c2)c1. The number of nitrogens with zero attached hydrogens (tertiary/aromatic N) is 2. The Morgan fingerprint density at radius 3 is 2.95 bits per heavy atom. The second-order valence-corrected chi connectivity index (χ2v) is 4.60. The fourth-order valence-electron chi connectivity index (χ4n) is 2.10. The molecule has 1 aromatic carbocycles. The van der Waals surface area contributed by atoms with Crippen LogP contribution in [0.2, 0.25) is 0 Å². The number of esters is 1. The average Bonchev–Trinajstić information content (AvgIpc) is 2.90. The number of carbonyl (C=O) groups excluding carboxylic acids is 1. The molecule has 0 spiro atoms. The molecular weight excluding hydrogens is 254 g/mol. The molecule has 106 valence electrons. The fraction of sp³-hybridized carbons (Fsp3) is 0.333. The number of hydrogen-bond donors (Lipinski definition) is 1. The van der Waals surface area contributed by atoms with Gasteiger partial charge >= 0.3 is 5.97 Å². The van der Waals surface area contributed by atoms with E-state index in [0.717, 1.165) is 5.56 Å². The van der Waals surface area contributed by atoms with E-state index in [1.54, 1.807) is 17.8 Å². The molecule has 0 aliphatic carbocycles. The Hall–Kier alpha value is -2.14. The molecule has 20 heavy (non-hydrogen) atoms. The zero-order valence-corrected chi connectivity index (χ0v) is 11.7. The Morgan fingerprint density at radius 2 is 2.30 bits per heavy atom. The first kappa shape index (κ1) is 14.3. The maximum atomic E-state index is 11.7. The van der Waals surface area contributed by atoms with E-state index in [1.165, 1.54) is 11.8 Å². The molecule has 5 nitrogen and oxygen atoms in total. The number of carbonyl (C=O) groups is 1. The molecule has 1 heterocycles. The average molecular weight is 273 g/mol. The minimum atomic E-state index is -0.362. The van der Waals surface area contributed by atoms with Gasteiger partial charge in [-0.05, 0) is 19.4 Å². The Balaban J connectivity index is 2.26. The number of hydrogen-bond acceptors (Lipinski definition) is 4. The van der Waals surface area contributed by atoms with E-state index in [-0.39, 0.29) is 12.0 Å². The van der Waals surface area contributed by atoms with E-state index in [2.05, 4.69) is 11.2 Å². The van der Waals surface area contributed by atoms with E-state index in [1.807, 2.05) is 25.1 Å². The van der Waals surface area contributed by atoms with E-state index < -0.39 is 0 Å². The van der Waals surface area contributed by atoms with Gasteiger partial charge in [-0.2, -0.15) is 5.10 Å². The number of aromatic nitrogens is 2. The summed E-state index contributed by atoms with van der Waals surface area (Å²) in [5.74, 6) is -0.362. The lowest BCUT2D eigenvalue weighted by molar-refractivity contribution is 0.0526. The van der Waals surface area contributed by atoms with Crippen molar-refractivity contribution in [3.63, 3.8) is 0 Å². The number of aryl methyl sites for hydroxylation is 1. The second kappa shape index (κ2) is 6.34. The quantitative estimate of drug-likeness (QED) is 0.845. The Bertz CT molecular complexity index is 592. The molecule has 0 saturated carbocycles. The summed E-state index contributed by atoms with van der Waals surface area (Å²) in [4.78, 5) is 11.7. The minimum absolute atomic E-state index is 0.0851. The Labute approximate surface area is 118 Å². The molecule has 0 aliphatic rings. The summed E-state index contributed by atoms with van der Waals surface area (Å²) < 4.78 is 6.67. The van der Waals surface area contributed by atoms with Crippen LogP contribution in [-0.2, 0) is 4.74 Å². The van der Waals surface area contributed by atoms with Crippen molar-refractivity contribution in [2.75, 3.05) is 13.2 Å². The third-order valence-corrected chi connectivity index (χ3v) is 3.08. The van der Waals surface area contributed by atoms with Crippen LogP contribution in [0.1, 0.15) is 34.5 Å². The predicted molar refractivity (Wildman–Crippen MR) is 76.6 cm³/mol. The predicted octanol–water partition coefficient (Wildman–Crippen LogP) is 1.92. The Morgan fingerprint density at radius 1 is 1.50 bits per heavy atom. The van der Waals surface area contributed by atoms with Gasteiger partial charge in [-0.3, -0.25) is 4.68 Å². The zero-order valence-electron chi connectivity index (χ0n) is 11.7. The van der Waals surface area contributed by atoms with Gasteiger partial charge in [0.15, 0.2) is 0 Å². The molecule has 1 atom stereocenters. The topological polar surface area (TPSA) is 70.1 Å². The molecule has 1 aromatic heterocycles. The summed E-state index contributed by atoms with van der Waals surface area (Å²) >= 11 is 0. The van der Waals surface area contributed by atoms with E-state index >= 15 is 0 Å². The summed E-state index contributed by atoms with van der Waals surface area (Å²) in [5.41, 5.74) is 8.54. The molecule has 2 N–H and O–H groups in total. The second-order valence-electron chi connectivity index (χ2n) is 4.60. The van der Waals surface area contributed by atoms with Crippen molar-refractivity contribution in [3.05, 3.63) is 53.3 Å². The van der Waals surface area contributed by atoms with Crippen molar-refractivity contribution in [1.82, 2.24) is 9.78 Å². The van der Waals surface area contributed by atoms with Crippen LogP contribution >= 0.6 is 0 Å². The lowest BCUT2D eigenvalue weighted by Crippen LogP contribution is -2.21. The highest BCUT2D eigenvalue weighted by atomic mass is 16.5. The van der Waals surface area contributed by atoms with Gasteiger partial charge < -0.3 is 10.5 Å². The highest BCUT2D eigenvalue weighted by Crippen LogP contribution is 2.18. The first-order chi connectivity index (χ1) is 9.65. The van der Waals surface area contributed by atoms with Crippen molar-refractivity contribution in [2.24, 2.45) is 5.73 Å². The van der Waals surface area contributed by atoms with Crippen LogP contribution in [0.5, 0.6) is 0 Å². The number of ether oxygens (including phenoxy) is 1. The minimum Gasteiger partial charge on any atom is -0.462 e. The fourth-order valence-corrected chi connectivity index (χ4v) is 2.10. The van der Waals surface area contributed by atoms with Gasteiger partial charge in [-0.15, -0.1) is 0 Å². The maximum Gasteiger partial charge on any atom is 0.341 e. The van der Waals surface area contributed by atoms with Gasteiger partial charge in [-0.25, -0.2) is 4.79 Å². The highest BCUT2D eigenvalue weighted by Gasteiger charge is 2.16. The summed E-state index contributed by atoms with van der Waals surface area (Å²) in [7, 11) is 0. The lowest BCUT2D eigenvalue weighted by Gasteiger charge is -2.16. The number of benzene rings is 1. The van der Waals surface area contributed by atoms with Crippen molar-refractivity contribution < 1.29 is 9.53 Å². The van der Waals surface area contributed by atoms with Crippen LogP contribution < -0.4 is 5.73 Å². The van der Waals surface area contributed by atoms with Gasteiger partial charge in [0.2, 0.25) is 0 Å². The maximum absolute atomic E-state index is 11.7. The van der Waals surface area contributed by atoms with Crippen molar-refractivity contribution in [1.29, 1.82) is 0 Å². The Kier molecular flexibility index (Phi) is 4.53. The molecular formula is C15H19N3O2. The van der Waals surface area contributed by atoms with Crippen LogP contribution in [0, 0.1) is 6.92 Å². The normalized spacial score (nSPS) is 12.2. The van der Waals surface area contributed by atoms with Gasteiger partial charge in [0.05, 0.1) is 24.4 Å². The van der Waals surface area contributed by atoms with Crippen molar-refractivity contribution in [3.8, 4) is 0 Å². The summed E-state index contributed by atoms with van der Waals surface area (Å²) in [5, 5.41) is 4.23. The number of rotatable bonds is 5. The van der Waals surface area contributed by atoms with Crippen LogP contribution in [-0.4, -0.2) is 28.9 Å². The molecule has 2 rings (SSSR count). The van der Waals surface area contributed by atoms with Crippen molar-refractivity contribution in [2.45, 2.75) is 19.9 Å². The standard InChI is InChI=1S/C15H19N3O2/c1-3-20-15(19)13-9-17-18(10-13)14(8-16)12-6-4-5-11(2)7-12/h4-7,9-10,14H,3,8,16H2,1-2H3. The van der Waals surface area contributed by atoms with Crippen LogP contribution in [0.3, 0.4) is 0 Å². The third kappa shape index (κ3) is 3.05. The molecule has 0 radical (unpaired) electrons. The monoisotopic (exact) mass is 273 g/mol. The lowest BCUT2D eigenvalue weighted by atomic mass is 10.0. The molecule has 2 aromatic rings. The van der Waals surface area contributed by atoms with Crippen molar-refractivity contribution >= 4 is 5.97 Å². The summed E-state index contributed by atoms with van der Waals surface area (Å²) in [6.07, 6.45) is 3.19. The first-order valence-electron chi connectivity index (χ1n) is 6.63. The van der Waals surface area contributed by atoms with E-state index in [9.17, 15) is 4.79 Å². The van der Waals surface area contributed by atoms with Gasteiger partial charge in [0.25, 0.3) is 0 Å². The van der Waals surface area contributed by atoms with Gasteiger partial charge in [-0.1, -0.05) is 29.8 Å². The molecule has 5 heteroatoms. The largest absolute Gasteiger partial charge is 0.462 e. The molecule has 0 aliphatic heterocycles. The molecule has 0 saturated heterocycles. The van der Waals surface area contributed by atoms with Crippen LogP contribution in [0.25, 0.3) is 0 Å². The summed E-state index contributed by atoms with van der Waals surface area (Å²) in [6.45, 7) is 4.57. The van der Waals surface area contributed by atoms with Crippen LogP contribution in [0.15, 0.2) is 36.7 Å². The zero-order chi connectivity index (χ0) is 14.5.